The van der Waals surface area contributed by atoms with Gasteiger partial charge in [0.1, 0.15) is 5.82 Å². The van der Waals surface area contributed by atoms with Crippen LogP contribution in [0.3, 0.4) is 0 Å². The van der Waals surface area contributed by atoms with Gasteiger partial charge < -0.3 is 15.3 Å². The summed E-state index contributed by atoms with van der Waals surface area (Å²) in [5.74, 6) is -0.284. The number of hydrogen-bond donors (Lipinski definition) is 2. The molecule has 0 aromatic heterocycles. The van der Waals surface area contributed by atoms with Gasteiger partial charge in [-0.05, 0) is 43.4 Å². The summed E-state index contributed by atoms with van der Waals surface area (Å²) >= 11 is 5.12. The first-order valence-electron chi connectivity index (χ1n) is 4.95. The molecule has 0 bridgehead atoms. The summed E-state index contributed by atoms with van der Waals surface area (Å²) in [5, 5.41) is 12.6. The van der Waals surface area contributed by atoms with Crippen molar-refractivity contribution < 1.29 is 9.50 Å². The van der Waals surface area contributed by atoms with E-state index in [2.05, 4.69) is 5.32 Å². The van der Waals surface area contributed by atoms with Gasteiger partial charge in [-0.2, -0.15) is 0 Å². The quantitative estimate of drug-likeness (QED) is 0.793. The summed E-state index contributed by atoms with van der Waals surface area (Å²) in [6.07, 6.45) is -0.446. The lowest BCUT2D eigenvalue weighted by molar-refractivity contribution is 0.169. The molecule has 88 valence electrons. The molecule has 1 aromatic carbocycles. The molecule has 1 atom stereocenters. The average Bonchev–Trinajstić information content (AvgIpc) is 2.20. The Morgan fingerprint density at radius 3 is 2.56 bits per heavy atom. The molecular formula is C11H15FN2OS. The number of anilines is 1. The van der Waals surface area contributed by atoms with Crippen LogP contribution >= 0.6 is 12.2 Å². The van der Waals surface area contributed by atoms with E-state index in [0.717, 1.165) is 5.69 Å². The van der Waals surface area contributed by atoms with Crippen LogP contribution in [0.25, 0.3) is 0 Å². The zero-order valence-electron chi connectivity index (χ0n) is 9.27. The lowest BCUT2D eigenvalue weighted by Gasteiger charge is -2.22. The monoisotopic (exact) mass is 242 g/mol. The molecule has 1 rings (SSSR count). The summed E-state index contributed by atoms with van der Waals surface area (Å²) in [6.45, 7) is 2.14. The second-order valence-corrected chi connectivity index (χ2v) is 4.05. The number of rotatable bonds is 3. The molecule has 0 saturated heterocycles. The van der Waals surface area contributed by atoms with E-state index in [9.17, 15) is 9.50 Å². The van der Waals surface area contributed by atoms with Crippen molar-refractivity contribution in [1.82, 2.24) is 4.90 Å². The van der Waals surface area contributed by atoms with Crippen LogP contribution in [0.2, 0.25) is 0 Å². The molecule has 2 N–H and O–H groups in total. The van der Waals surface area contributed by atoms with E-state index in [1.165, 1.54) is 12.1 Å². The minimum atomic E-state index is -0.446. The number of halogens is 1. The van der Waals surface area contributed by atoms with Gasteiger partial charge in [0.2, 0.25) is 0 Å². The second-order valence-electron chi connectivity index (χ2n) is 3.67. The van der Waals surface area contributed by atoms with Gasteiger partial charge in [0.05, 0.1) is 6.10 Å². The average molecular weight is 242 g/mol. The van der Waals surface area contributed by atoms with Crippen molar-refractivity contribution >= 4 is 23.0 Å². The predicted octanol–water partition coefficient (Wildman–Crippen LogP) is 1.84. The van der Waals surface area contributed by atoms with Gasteiger partial charge in [0.15, 0.2) is 5.11 Å². The fourth-order valence-corrected chi connectivity index (χ4v) is 1.42. The van der Waals surface area contributed by atoms with Crippen LogP contribution in [0.1, 0.15) is 6.92 Å². The number of thiocarbonyl (C=S) groups is 1. The lowest BCUT2D eigenvalue weighted by Crippen LogP contribution is -2.36. The molecule has 3 nitrogen and oxygen atoms in total. The van der Waals surface area contributed by atoms with Crippen LogP contribution in [0.4, 0.5) is 10.1 Å². The maximum atomic E-state index is 12.7. The highest BCUT2D eigenvalue weighted by Crippen LogP contribution is 2.09. The fraction of sp³-hybridized carbons (Fsp3) is 0.364. The molecule has 16 heavy (non-hydrogen) atoms. The number of likely N-dealkylation sites (N-methyl/N-ethyl adjacent to an activating group) is 1. The zero-order valence-corrected chi connectivity index (χ0v) is 10.1. The lowest BCUT2D eigenvalue weighted by atomic mass is 10.3. The molecule has 0 saturated carbocycles. The van der Waals surface area contributed by atoms with Crippen LogP contribution in [0.15, 0.2) is 24.3 Å². The Kier molecular flexibility index (Phi) is 4.64. The highest BCUT2D eigenvalue weighted by molar-refractivity contribution is 7.80. The van der Waals surface area contributed by atoms with Crippen molar-refractivity contribution in [3.8, 4) is 0 Å². The Labute approximate surface area is 99.9 Å². The third kappa shape index (κ3) is 4.12. The molecular weight excluding hydrogens is 227 g/mol. The molecule has 0 amide bonds. The minimum absolute atomic E-state index is 0.284. The van der Waals surface area contributed by atoms with Crippen molar-refractivity contribution in [1.29, 1.82) is 0 Å². The third-order valence-electron chi connectivity index (χ3n) is 1.98. The van der Waals surface area contributed by atoms with Crippen molar-refractivity contribution in [2.75, 3.05) is 18.9 Å². The van der Waals surface area contributed by atoms with Gasteiger partial charge in [-0.15, -0.1) is 0 Å². The van der Waals surface area contributed by atoms with Crippen LogP contribution in [0.5, 0.6) is 0 Å². The van der Waals surface area contributed by atoms with Crippen molar-refractivity contribution in [2.45, 2.75) is 13.0 Å². The molecule has 0 fully saturated rings. The first kappa shape index (κ1) is 12.9. The highest BCUT2D eigenvalue weighted by Gasteiger charge is 2.07. The maximum absolute atomic E-state index is 12.7. The molecule has 1 aromatic rings. The number of hydrogen-bond acceptors (Lipinski definition) is 2. The van der Waals surface area contributed by atoms with E-state index in [0.29, 0.717) is 11.7 Å². The Morgan fingerprint density at radius 2 is 2.06 bits per heavy atom. The summed E-state index contributed by atoms with van der Waals surface area (Å²) < 4.78 is 12.7. The van der Waals surface area contributed by atoms with Crippen LogP contribution < -0.4 is 5.32 Å². The van der Waals surface area contributed by atoms with Gasteiger partial charge in [-0.1, -0.05) is 0 Å². The van der Waals surface area contributed by atoms with Gasteiger partial charge in [-0.3, -0.25) is 0 Å². The van der Waals surface area contributed by atoms with E-state index in [1.807, 2.05) is 0 Å². The number of benzene rings is 1. The summed E-state index contributed by atoms with van der Waals surface area (Å²) in [6, 6.07) is 5.94. The smallest absolute Gasteiger partial charge is 0.173 e. The fourth-order valence-electron chi connectivity index (χ4n) is 1.23. The maximum Gasteiger partial charge on any atom is 0.173 e. The molecule has 0 aliphatic heterocycles. The van der Waals surface area contributed by atoms with E-state index >= 15 is 0 Å². The Hall–Kier alpha value is -1.20. The molecule has 0 unspecified atom stereocenters. The molecule has 0 spiro atoms. The van der Waals surface area contributed by atoms with Crippen LogP contribution in [0, 0.1) is 5.82 Å². The number of nitrogens with one attached hydrogen (secondary N) is 1. The van der Waals surface area contributed by atoms with E-state index < -0.39 is 6.10 Å². The van der Waals surface area contributed by atoms with Crippen molar-refractivity contribution in [3.05, 3.63) is 30.1 Å². The second kappa shape index (κ2) is 5.77. The molecule has 0 aliphatic rings. The molecule has 0 radical (unpaired) electrons. The molecule has 5 heteroatoms. The molecule has 0 heterocycles. The van der Waals surface area contributed by atoms with E-state index in [4.69, 9.17) is 12.2 Å². The third-order valence-corrected chi connectivity index (χ3v) is 2.39. The Bertz CT molecular complexity index is 354. The Morgan fingerprint density at radius 1 is 1.50 bits per heavy atom. The zero-order chi connectivity index (χ0) is 12.1. The van der Waals surface area contributed by atoms with E-state index in [1.54, 1.807) is 31.0 Å². The SMILES string of the molecule is C[C@@H](O)CN(C)C(=S)Nc1ccc(F)cc1. The summed E-state index contributed by atoms with van der Waals surface area (Å²) in [5.41, 5.74) is 0.726. The van der Waals surface area contributed by atoms with Crippen molar-refractivity contribution in [2.24, 2.45) is 0 Å². The van der Waals surface area contributed by atoms with E-state index in [-0.39, 0.29) is 5.82 Å². The predicted molar refractivity (Wildman–Crippen MR) is 66.9 cm³/mol. The number of aliphatic hydroxyl groups excluding tert-OH is 1. The van der Waals surface area contributed by atoms with Gasteiger partial charge in [-0.25, -0.2) is 4.39 Å². The highest BCUT2D eigenvalue weighted by atomic mass is 32.1. The summed E-state index contributed by atoms with van der Waals surface area (Å²) in [7, 11) is 1.78. The van der Waals surface area contributed by atoms with Gasteiger partial charge in [0.25, 0.3) is 0 Å². The van der Waals surface area contributed by atoms with Crippen molar-refractivity contribution in [3.63, 3.8) is 0 Å². The van der Waals surface area contributed by atoms with Gasteiger partial charge in [0, 0.05) is 19.3 Å². The van der Waals surface area contributed by atoms with Crippen LogP contribution in [-0.2, 0) is 0 Å². The summed E-state index contributed by atoms with van der Waals surface area (Å²) in [4.78, 5) is 1.73. The Balaban J connectivity index is 2.54. The first-order chi connectivity index (χ1) is 7.49. The first-order valence-corrected chi connectivity index (χ1v) is 5.35. The van der Waals surface area contributed by atoms with Gasteiger partial charge >= 0.3 is 0 Å². The molecule has 0 aliphatic carbocycles. The topological polar surface area (TPSA) is 35.5 Å². The largest absolute Gasteiger partial charge is 0.392 e. The van der Waals surface area contributed by atoms with Crippen LogP contribution in [-0.4, -0.2) is 34.8 Å². The normalized spacial score (nSPS) is 12.0. The minimum Gasteiger partial charge on any atom is -0.392 e. The number of aliphatic hydroxyl groups is 1. The standard InChI is InChI=1S/C11H15FN2OS/c1-8(15)7-14(2)11(16)13-10-5-3-9(12)4-6-10/h3-6,8,15H,7H2,1-2H3,(H,13,16)/t8-/m1/s1. The number of nitrogens with zero attached hydrogens (tertiary/aromatic N) is 1.